The van der Waals surface area contributed by atoms with Gasteiger partial charge in [-0.2, -0.15) is 0 Å². The monoisotopic (exact) mass is 326 g/mol. The van der Waals surface area contributed by atoms with Crippen LogP contribution in [0.25, 0.3) is 0 Å². The lowest BCUT2D eigenvalue weighted by molar-refractivity contribution is -0.113. The zero-order valence-corrected chi connectivity index (χ0v) is 12.8. The molecule has 0 bridgehead atoms. The molecule has 104 valence electrons. The maximum atomic E-state index is 11.8. The molecule has 6 heteroatoms. The summed E-state index contributed by atoms with van der Waals surface area (Å²) in [5.41, 5.74) is 1.19. The van der Waals surface area contributed by atoms with Gasteiger partial charge in [-0.1, -0.05) is 53.5 Å². The van der Waals surface area contributed by atoms with Crippen molar-refractivity contribution in [1.82, 2.24) is 4.98 Å². The third-order valence-electron chi connectivity index (χ3n) is 2.41. The molecule has 0 spiro atoms. The van der Waals surface area contributed by atoms with Crippen LogP contribution in [0.15, 0.2) is 42.6 Å². The van der Waals surface area contributed by atoms with E-state index < -0.39 is 0 Å². The van der Waals surface area contributed by atoms with Crippen LogP contribution in [-0.4, -0.2) is 16.6 Å². The topological polar surface area (TPSA) is 42.0 Å². The highest BCUT2D eigenvalue weighted by atomic mass is 35.5. The number of carbonyl (C=O) groups is 1. The van der Waals surface area contributed by atoms with Gasteiger partial charge < -0.3 is 5.32 Å². The van der Waals surface area contributed by atoms with E-state index in [9.17, 15) is 4.79 Å². The van der Waals surface area contributed by atoms with Crippen molar-refractivity contribution in [2.75, 3.05) is 11.1 Å². The average Bonchev–Trinajstić information content (AvgIpc) is 2.43. The number of thioether (sulfide) groups is 1. The van der Waals surface area contributed by atoms with Gasteiger partial charge in [0.15, 0.2) is 5.82 Å². The number of hydrogen-bond donors (Lipinski definition) is 1. The molecule has 0 unspecified atom stereocenters. The van der Waals surface area contributed by atoms with E-state index in [1.54, 1.807) is 6.07 Å². The van der Waals surface area contributed by atoms with Gasteiger partial charge in [0, 0.05) is 11.9 Å². The molecule has 1 heterocycles. The summed E-state index contributed by atoms with van der Waals surface area (Å²) in [5, 5.41) is 3.43. The minimum absolute atomic E-state index is 0.136. The van der Waals surface area contributed by atoms with E-state index in [4.69, 9.17) is 23.2 Å². The smallest absolute Gasteiger partial charge is 0.235 e. The summed E-state index contributed by atoms with van der Waals surface area (Å²) in [4.78, 5) is 15.8. The molecular weight excluding hydrogens is 315 g/mol. The summed E-state index contributed by atoms with van der Waals surface area (Å²) in [6.45, 7) is 0. The van der Waals surface area contributed by atoms with Crippen molar-refractivity contribution in [3.63, 3.8) is 0 Å². The summed E-state index contributed by atoms with van der Waals surface area (Å²) in [6.07, 6.45) is 1.44. The van der Waals surface area contributed by atoms with Crippen LogP contribution in [0.2, 0.25) is 10.0 Å². The van der Waals surface area contributed by atoms with Crippen molar-refractivity contribution in [1.29, 1.82) is 0 Å². The fraction of sp³-hybridized carbons (Fsp3) is 0.143. The van der Waals surface area contributed by atoms with Crippen molar-refractivity contribution in [2.24, 2.45) is 0 Å². The van der Waals surface area contributed by atoms with Crippen LogP contribution in [0.5, 0.6) is 0 Å². The zero-order valence-electron chi connectivity index (χ0n) is 10.5. The molecule has 0 fully saturated rings. The Morgan fingerprint density at radius 2 is 2.00 bits per heavy atom. The van der Waals surface area contributed by atoms with Crippen LogP contribution in [0.3, 0.4) is 0 Å². The molecule has 0 radical (unpaired) electrons. The van der Waals surface area contributed by atoms with Gasteiger partial charge in [0.25, 0.3) is 0 Å². The normalized spacial score (nSPS) is 10.3. The highest BCUT2D eigenvalue weighted by Gasteiger charge is 2.08. The van der Waals surface area contributed by atoms with Crippen LogP contribution < -0.4 is 5.32 Å². The van der Waals surface area contributed by atoms with Gasteiger partial charge in [-0.25, -0.2) is 4.98 Å². The highest BCUT2D eigenvalue weighted by Crippen LogP contribution is 2.22. The standard InChI is InChI=1S/C14H12Cl2N2OS/c15-11-6-12(16)14(17-7-11)18-13(19)9-20-8-10-4-2-1-3-5-10/h1-7H,8-9H2,(H,17,18,19). The summed E-state index contributed by atoms with van der Waals surface area (Å²) in [6, 6.07) is 11.5. The number of amides is 1. The first kappa shape index (κ1) is 15.2. The van der Waals surface area contributed by atoms with Gasteiger partial charge in [-0.3, -0.25) is 4.79 Å². The van der Waals surface area contributed by atoms with E-state index in [0.717, 1.165) is 5.75 Å². The number of halogens is 2. The average molecular weight is 327 g/mol. The van der Waals surface area contributed by atoms with Gasteiger partial charge in [0.1, 0.15) is 0 Å². The van der Waals surface area contributed by atoms with Crippen LogP contribution >= 0.6 is 35.0 Å². The number of nitrogens with zero attached hydrogens (tertiary/aromatic N) is 1. The van der Waals surface area contributed by atoms with E-state index in [2.05, 4.69) is 10.3 Å². The van der Waals surface area contributed by atoms with Crippen molar-refractivity contribution in [3.8, 4) is 0 Å². The number of hydrogen-bond acceptors (Lipinski definition) is 3. The SMILES string of the molecule is O=C(CSCc1ccccc1)Nc1ncc(Cl)cc1Cl. The third kappa shape index (κ3) is 4.71. The van der Waals surface area contributed by atoms with Gasteiger partial charge in [0.2, 0.25) is 5.91 Å². The summed E-state index contributed by atoms with van der Waals surface area (Å²) >= 11 is 13.2. The van der Waals surface area contributed by atoms with Crippen LogP contribution in [0.4, 0.5) is 5.82 Å². The molecule has 0 aliphatic heterocycles. The van der Waals surface area contributed by atoms with E-state index in [1.807, 2.05) is 30.3 Å². The molecule has 3 nitrogen and oxygen atoms in total. The lowest BCUT2D eigenvalue weighted by Crippen LogP contribution is -2.15. The number of carbonyl (C=O) groups excluding carboxylic acids is 1. The molecule has 1 amide bonds. The Morgan fingerprint density at radius 1 is 1.25 bits per heavy atom. The number of nitrogens with one attached hydrogen (secondary N) is 1. The van der Waals surface area contributed by atoms with Gasteiger partial charge >= 0.3 is 0 Å². The first-order valence-corrected chi connectivity index (χ1v) is 7.79. The van der Waals surface area contributed by atoms with Crippen molar-refractivity contribution in [2.45, 2.75) is 5.75 Å². The molecular formula is C14H12Cl2N2OS. The molecule has 0 aliphatic rings. The lowest BCUT2D eigenvalue weighted by Gasteiger charge is -2.06. The van der Waals surface area contributed by atoms with Crippen molar-refractivity contribution >= 4 is 46.7 Å². The fourth-order valence-electron chi connectivity index (χ4n) is 1.51. The van der Waals surface area contributed by atoms with Crippen LogP contribution in [0.1, 0.15) is 5.56 Å². The largest absolute Gasteiger partial charge is 0.309 e. The summed E-state index contributed by atoms with van der Waals surface area (Å²) in [7, 11) is 0. The van der Waals surface area contributed by atoms with Crippen molar-refractivity contribution < 1.29 is 4.79 Å². The Bertz CT molecular complexity index is 593. The molecule has 1 aromatic carbocycles. The first-order valence-electron chi connectivity index (χ1n) is 5.88. The lowest BCUT2D eigenvalue weighted by atomic mass is 10.2. The Labute approximate surface area is 131 Å². The molecule has 0 saturated carbocycles. The molecule has 0 atom stereocenters. The van der Waals surface area contributed by atoms with Gasteiger partial charge in [-0.05, 0) is 11.6 Å². The minimum atomic E-state index is -0.136. The molecule has 2 rings (SSSR count). The predicted octanol–water partition coefficient (Wildman–Crippen LogP) is 4.26. The van der Waals surface area contributed by atoms with E-state index >= 15 is 0 Å². The van der Waals surface area contributed by atoms with Gasteiger partial charge in [-0.15, -0.1) is 11.8 Å². The second kappa shape index (κ2) is 7.53. The Balaban J connectivity index is 1.81. The zero-order chi connectivity index (χ0) is 14.4. The van der Waals surface area contributed by atoms with E-state index in [1.165, 1.54) is 23.5 Å². The van der Waals surface area contributed by atoms with Gasteiger partial charge in [0.05, 0.1) is 15.8 Å². The second-order valence-electron chi connectivity index (χ2n) is 4.01. The maximum absolute atomic E-state index is 11.8. The Kier molecular flexibility index (Phi) is 5.71. The third-order valence-corrected chi connectivity index (χ3v) is 3.91. The Hall–Kier alpha value is -1.23. The quantitative estimate of drug-likeness (QED) is 0.892. The molecule has 20 heavy (non-hydrogen) atoms. The predicted molar refractivity (Wildman–Crippen MR) is 85.5 cm³/mol. The van der Waals surface area contributed by atoms with Crippen molar-refractivity contribution in [3.05, 3.63) is 58.2 Å². The molecule has 0 saturated heterocycles. The molecule has 2 aromatic rings. The molecule has 0 aliphatic carbocycles. The Morgan fingerprint density at radius 3 is 2.70 bits per heavy atom. The summed E-state index contributed by atoms with van der Waals surface area (Å²) in [5.74, 6) is 1.33. The van der Waals surface area contributed by atoms with Crippen LogP contribution in [-0.2, 0) is 10.5 Å². The van der Waals surface area contributed by atoms with E-state index in [-0.39, 0.29) is 5.91 Å². The molecule has 1 N–H and O–H groups in total. The second-order valence-corrected chi connectivity index (χ2v) is 5.84. The van der Waals surface area contributed by atoms with E-state index in [0.29, 0.717) is 21.6 Å². The molecule has 1 aromatic heterocycles. The number of benzene rings is 1. The number of rotatable bonds is 5. The number of anilines is 1. The first-order chi connectivity index (χ1) is 9.65. The maximum Gasteiger partial charge on any atom is 0.235 e. The number of pyridine rings is 1. The minimum Gasteiger partial charge on any atom is -0.309 e. The fourth-order valence-corrected chi connectivity index (χ4v) is 2.73. The number of aromatic nitrogens is 1. The van der Waals surface area contributed by atoms with Crippen LogP contribution in [0, 0.1) is 0 Å². The summed E-state index contributed by atoms with van der Waals surface area (Å²) < 4.78 is 0. The highest BCUT2D eigenvalue weighted by molar-refractivity contribution is 7.99.